The van der Waals surface area contributed by atoms with Crippen molar-refractivity contribution in [1.29, 1.82) is 0 Å². The highest BCUT2D eigenvalue weighted by Gasteiger charge is 2.31. The summed E-state index contributed by atoms with van der Waals surface area (Å²) < 4.78 is 73.8. The fourth-order valence-corrected chi connectivity index (χ4v) is 9.17. The van der Waals surface area contributed by atoms with Gasteiger partial charge in [-0.15, -0.1) is 0 Å². The van der Waals surface area contributed by atoms with Gasteiger partial charge in [0.25, 0.3) is 10.1 Å². The van der Waals surface area contributed by atoms with E-state index in [1.807, 2.05) is 0 Å². The Morgan fingerprint density at radius 2 is 1.08 bits per heavy atom. The molecule has 2 aliphatic rings. The maximum atomic E-state index is 13.2. The van der Waals surface area contributed by atoms with Crippen LogP contribution in [0.15, 0.2) is 71.6 Å². The van der Waals surface area contributed by atoms with Gasteiger partial charge in [-0.1, -0.05) is 107 Å². The van der Waals surface area contributed by atoms with E-state index in [9.17, 15) is 25.9 Å². The van der Waals surface area contributed by atoms with Crippen molar-refractivity contribution in [3.05, 3.63) is 86.8 Å². The Morgan fingerprint density at radius 3 is 1.69 bits per heavy atom. The molecule has 5 heterocycles. The van der Waals surface area contributed by atoms with Gasteiger partial charge in [0.05, 0.1) is 25.5 Å². The van der Waals surface area contributed by atoms with Crippen molar-refractivity contribution in [1.82, 2.24) is 38.9 Å². The zero-order valence-electron chi connectivity index (χ0n) is 25.3. The van der Waals surface area contributed by atoms with Crippen LogP contribution < -0.4 is 0 Å². The van der Waals surface area contributed by atoms with Crippen molar-refractivity contribution in [2.75, 3.05) is 0 Å². The van der Waals surface area contributed by atoms with E-state index in [2.05, 4.69) is 29.9 Å². The third kappa shape index (κ3) is 4.84. The number of nitrogens with zero attached hydrogens (tertiary/aromatic N) is 7. The minimum atomic E-state index is -5.09. The summed E-state index contributed by atoms with van der Waals surface area (Å²) in [6, 6.07) is 18.1. The molecule has 0 fully saturated rings. The molecule has 0 amide bonds. The van der Waals surface area contributed by atoms with E-state index in [1.54, 1.807) is 66.7 Å². The van der Waals surface area contributed by atoms with E-state index < -0.39 is 35.4 Å². The number of fused-ring (bicyclic) bond motifs is 20. The summed E-state index contributed by atoms with van der Waals surface area (Å²) in [6.07, 6.45) is 0. The minimum absolute atomic E-state index is 0.0120. The van der Waals surface area contributed by atoms with Gasteiger partial charge >= 0.3 is 10.3 Å². The van der Waals surface area contributed by atoms with Crippen LogP contribution in [0, 0.1) is 0 Å². The number of nitrogens with one attached hydrogen (secondary N) is 1. The van der Waals surface area contributed by atoms with Gasteiger partial charge in [0, 0.05) is 38.4 Å². The first-order valence-electron chi connectivity index (χ1n) is 14.7. The minimum Gasteiger partial charge on any atom is -0.324 e. The van der Waals surface area contributed by atoms with Crippen molar-refractivity contribution in [3.8, 4) is 45.6 Å². The van der Waals surface area contributed by atoms with Gasteiger partial charge in [0.15, 0.2) is 34.6 Å². The SMILES string of the molecule is O=S(=O)(O)c1c(Cl)c(Cl)c(Cl)c2c3nc4nc(nc5c6ccccc6c(nc6nc(nc([nH]3)c12)-c1ccccc1-6)n5S(=O)(=O)O)-c1cccc(Cl)c1-4. The molecule has 0 saturated heterocycles. The normalized spacial score (nSPS) is 12.7. The van der Waals surface area contributed by atoms with Crippen LogP contribution in [0.2, 0.25) is 20.1 Å². The lowest BCUT2D eigenvalue weighted by molar-refractivity contribution is 0.475. The average molecular weight is 812 g/mol. The van der Waals surface area contributed by atoms with Gasteiger partial charge in [-0.2, -0.15) is 20.8 Å². The summed E-state index contributed by atoms with van der Waals surface area (Å²) in [5.74, 6) is -0.133. The zero-order valence-corrected chi connectivity index (χ0v) is 30.0. The molecule has 0 radical (unpaired) electrons. The summed E-state index contributed by atoms with van der Waals surface area (Å²) in [7, 11) is -10.2. The van der Waals surface area contributed by atoms with E-state index in [4.69, 9.17) is 51.4 Å². The van der Waals surface area contributed by atoms with Crippen molar-refractivity contribution < 1.29 is 25.9 Å². The standard InChI is InChI=1S/C32H14Cl4N8O6S2/c33-17-11-5-10-16-18(17)28-39-27(16)43-32-15-9-4-3-8-14(15)31(44(32)52(48,49)50)42-26-13-7-2-1-6-12(13)25(37-26)38-30-20-19(29(40-28)41-30)21(34)22(35)23(36)24(20)51(45,46)47/h1-11H,(H,45,46,47)(H,48,49,50)(H,37,38,39,40,41,42,43). The first kappa shape index (κ1) is 33.1. The topological polar surface area (TPSA) is 207 Å². The summed E-state index contributed by atoms with van der Waals surface area (Å²) >= 11 is 26.2. The fraction of sp³-hybridized carbons (Fsp3) is 0. The van der Waals surface area contributed by atoms with Gasteiger partial charge in [0.2, 0.25) is 0 Å². The van der Waals surface area contributed by atoms with Gasteiger partial charge < -0.3 is 4.98 Å². The molecular weight excluding hydrogens is 798 g/mol. The summed E-state index contributed by atoms with van der Waals surface area (Å²) in [5.41, 5.74) is 0.642. The van der Waals surface area contributed by atoms with Crippen LogP contribution in [0.5, 0.6) is 0 Å². The van der Waals surface area contributed by atoms with Crippen molar-refractivity contribution in [2.24, 2.45) is 0 Å². The highest BCUT2D eigenvalue weighted by atomic mass is 35.5. The van der Waals surface area contributed by atoms with E-state index >= 15 is 0 Å². The highest BCUT2D eigenvalue weighted by molar-refractivity contribution is 7.86. The molecule has 258 valence electrons. The Balaban J connectivity index is 1.62. The molecule has 0 spiro atoms. The average Bonchev–Trinajstić information content (AvgIpc) is 3.81. The van der Waals surface area contributed by atoms with Crippen molar-refractivity contribution in [3.63, 3.8) is 0 Å². The van der Waals surface area contributed by atoms with Gasteiger partial charge in [-0.3, -0.25) is 9.11 Å². The quantitative estimate of drug-likeness (QED) is 0.113. The molecule has 2 aliphatic heterocycles. The molecule has 3 aromatic heterocycles. The van der Waals surface area contributed by atoms with Crippen LogP contribution in [-0.4, -0.2) is 64.8 Å². The number of aromatic nitrogens is 8. The molecule has 0 unspecified atom stereocenters. The second kappa shape index (κ2) is 11.4. The molecule has 9 rings (SSSR count). The van der Waals surface area contributed by atoms with E-state index in [0.717, 1.165) is 0 Å². The summed E-state index contributed by atoms with van der Waals surface area (Å²) in [6.45, 7) is 0. The lowest BCUT2D eigenvalue weighted by Crippen LogP contribution is -2.11. The van der Waals surface area contributed by atoms with E-state index in [-0.39, 0.29) is 72.3 Å². The summed E-state index contributed by atoms with van der Waals surface area (Å²) in [4.78, 5) is 30.1. The molecule has 4 aromatic carbocycles. The maximum Gasteiger partial charge on any atom is 0.366 e. The Morgan fingerprint density at radius 1 is 0.558 bits per heavy atom. The molecule has 7 aromatic rings. The maximum absolute atomic E-state index is 13.2. The highest BCUT2D eigenvalue weighted by Crippen LogP contribution is 2.46. The van der Waals surface area contributed by atoms with Gasteiger partial charge in [0.1, 0.15) is 16.2 Å². The fourth-order valence-electron chi connectivity index (χ4n) is 6.35. The molecule has 8 bridgehead atoms. The number of halogens is 4. The number of H-pyrrole nitrogens is 1. The van der Waals surface area contributed by atoms with E-state index in [1.165, 1.54) is 0 Å². The van der Waals surface area contributed by atoms with Crippen LogP contribution in [0.1, 0.15) is 0 Å². The van der Waals surface area contributed by atoms with Crippen LogP contribution in [0.3, 0.4) is 0 Å². The van der Waals surface area contributed by atoms with Gasteiger partial charge in [-0.25, -0.2) is 29.9 Å². The smallest absolute Gasteiger partial charge is 0.324 e. The number of aromatic amines is 1. The molecular formula is C32H14Cl4N8O6S2. The lowest BCUT2D eigenvalue weighted by Gasteiger charge is -2.08. The van der Waals surface area contributed by atoms with Crippen molar-refractivity contribution in [2.45, 2.75) is 4.90 Å². The van der Waals surface area contributed by atoms with Crippen LogP contribution >= 0.6 is 46.4 Å². The molecule has 52 heavy (non-hydrogen) atoms. The number of hydrogen-bond acceptors (Lipinski definition) is 10. The predicted molar refractivity (Wildman–Crippen MR) is 196 cm³/mol. The van der Waals surface area contributed by atoms with E-state index in [0.29, 0.717) is 31.4 Å². The molecule has 20 heteroatoms. The predicted octanol–water partition coefficient (Wildman–Crippen LogP) is 7.85. The number of rotatable bonds is 2. The Hall–Kier alpha value is -4.78. The van der Waals surface area contributed by atoms with Gasteiger partial charge in [-0.05, 0) is 6.07 Å². The van der Waals surface area contributed by atoms with Crippen LogP contribution in [0.25, 0.3) is 89.7 Å². The van der Waals surface area contributed by atoms with Crippen LogP contribution in [-0.2, 0) is 20.4 Å². The molecule has 3 N–H and O–H groups in total. The largest absolute Gasteiger partial charge is 0.366 e. The number of benzene rings is 4. The molecule has 14 nitrogen and oxygen atoms in total. The molecule has 0 aliphatic carbocycles. The second-order valence-corrected chi connectivity index (χ2v) is 15.6. The monoisotopic (exact) mass is 810 g/mol. The Bertz CT molecular complexity index is 3210. The molecule has 0 saturated carbocycles. The summed E-state index contributed by atoms with van der Waals surface area (Å²) in [5, 5.41) is -0.766. The second-order valence-electron chi connectivity index (χ2n) is 11.4. The first-order chi connectivity index (χ1) is 24.7. The Kier molecular flexibility index (Phi) is 7.23. The molecule has 0 atom stereocenters. The third-order valence-electron chi connectivity index (χ3n) is 8.44. The van der Waals surface area contributed by atoms with Crippen molar-refractivity contribution >= 4 is 111 Å². The third-order valence-corrected chi connectivity index (χ3v) is 11.9. The number of hydrogen-bond donors (Lipinski definition) is 3. The zero-order chi connectivity index (χ0) is 36.4. The van der Waals surface area contributed by atoms with Crippen LogP contribution in [0.4, 0.5) is 0 Å². The lowest BCUT2D eigenvalue weighted by atomic mass is 10.1. The Labute approximate surface area is 311 Å². The first-order valence-corrected chi connectivity index (χ1v) is 19.1.